The van der Waals surface area contributed by atoms with Crippen LogP contribution >= 0.6 is 0 Å². The van der Waals surface area contributed by atoms with Gasteiger partial charge in [0.05, 0.1) is 12.8 Å². The third-order valence-corrected chi connectivity index (χ3v) is 2.33. The topological polar surface area (TPSA) is 33.3 Å². The molecule has 16 heavy (non-hydrogen) atoms. The summed E-state index contributed by atoms with van der Waals surface area (Å²) in [6.45, 7) is 1.82. The molecule has 0 spiro atoms. The first-order valence-electron chi connectivity index (χ1n) is 5.50. The van der Waals surface area contributed by atoms with Crippen LogP contribution in [0.4, 0.5) is 10.1 Å². The first kappa shape index (κ1) is 12.8. The minimum absolute atomic E-state index is 0.251. The first-order chi connectivity index (χ1) is 7.77. The van der Waals surface area contributed by atoms with Crippen molar-refractivity contribution < 1.29 is 9.13 Å². The fourth-order valence-electron chi connectivity index (χ4n) is 1.47. The van der Waals surface area contributed by atoms with Crippen molar-refractivity contribution in [2.24, 2.45) is 0 Å². The molecule has 4 heteroatoms. The Hall–Kier alpha value is -1.29. The predicted octanol–water partition coefficient (Wildman–Crippen LogP) is 2.25. The van der Waals surface area contributed by atoms with Crippen LogP contribution in [0, 0.1) is 5.82 Å². The van der Waals surface area contributed by atoms with Crippen LogP contribution in [0.15, 0.2) is 18.2 Å². The normalized spacial score (nSPS) is 10.2. The van der Waals surface area contributed by atoms with Gasteiger partial charge in [-0.1, -0.05) is 0 Å². The van der Waals surface area contributed by atoms with Crippen molar-refractivity contribution in [1.82, 2.24) is 5.32 Å². The highest BCUT2D eigenvalue weighted by molar-refractivity contribution is 5.56. The maximum absolute atomic E-state index is 13.0. The average Bonchev–Trinajstić information content (AvgIpc) is 2.29. The molecule has 0 bridgehead atoms. The third kappa shape index (κ3) is 4.06. The van der Waals surface area contributed by atoms with E-state index in [9.17, 15) is 4.39 Å². The summed E-state index contributed by atoms with van der Waals surface area (Å²) in [6, 6.07) is 4.48. The number of methoxy groups -OCH3 is 1. The molecule has 0 saturated heterocycles. The number of halogens is 1. The molecular formula is C12H19FN2O. The Morgan fingerprint density at radius 3 is 2.69 bits per heavy atom. The molecule has 0 aromatic heterocycles. The Morgan fingerprint density at radius 1 is 1.25 bits per heavy atom. The third-order valence-electron chi connectivity index (χ3n) is 2.33. The van der Waals surface area contributed by atoms with Gasteiger partial charge in [0.1, 0.15) is 11.6 Å². The summed E-state index contributed by atoms with van der Waals surface area (Å²) in [6.07, 6.45) is 2.14. The Labute approximate surface area is 96.0 Å². The van der Waals surface area contributed by atoms with E-state index in [2.05, 4.69) is 10.6 Å². The van der Waals surface area contributed by atoms with E-state index in [0.717, 1.165) is 25.9 Å². The lowest BCUT2D eigenvalue weighted by Gasteiger charge is -2.10. The lowest BCUT2D eigenvalue weighted by atomic mass is 10.2. The maximum Gasteiger partial charge on any atom is 0.142 e. The van der Waals surface area contributed by atoms with E-state index in [-0.39, 0.29) is 5.82 Å². The minimum atomic E-state index is -0.251. The molecule has 1 aromatic carbocycles. The van der Waals surface area contributed by atoms with Crippen molar-refractivity contribution >= 4 is 5.69 Å². The van der Waals surface area contributed by atoms with Crippen LogP contribution in [0.2, 0.25) is 0 Å². The molecule has 2 N–H and O–H groups in total. The van der Waals surface area contributed by atoms with E-state index in [1.165, 1.54) is 12.1 Å². The SMILES string of the molecule is CNCCCCNc1cc(F)ccc1OC. The van der Waals surface area contributed by atoms with Gasteiger partial charge in [-0.15, -0.1) is 0 Å². The second kappa shape index (κ2) is 7.06. The van der Waals surface area contributed by atoms with Crippen molar-refractivity contribution in [1.29, 1.82) is 0 Å². The largest absolute Gasteiger partial charge is 0.495 e. The zero-order chi connectivity index (χ0) is 11.8. The first-order valence-corrected chi connectivity index (χ1v) is 5.50. The van der Waals surface area contributed by atoms with Crippen molar-refractivity contribution in [3.05, 3.63) is 24.0 Å². The van der Waals surface area contributed by atoms with Gasteiger partial charge in [0.2, 0.25) is 0 Å². The molecule has 0 heterocycles. The molecule has 3 nitrogen and oxygen atoms in total. The van der Waals surface area contributed by atoms with Gasteiger partial charge < -0.3 is 15.4 Å². The Kier molecular flexibility index (Phi) is 5.64. The van der Waals surface area contributed by atoms with Gasteiger partial charge in [-0.3, -0.25) is 0 Å². The van der Waals surface area contributed by atoms with Crippen molar-refractivity contribution in [2.45, 2.75) is 12.8 Å². The summed E-state index contributed by atoms with van der Waals surface area (Å²) in [5.74, 6) is 0.425. The zero-order valence-electron chi connectivity index (χ0n) is 9.85. The molecule has 1 aromatic rings. The van der Waals surface area contributed by atoms with Crippen LogP contribution in [0.5, 0.6) is 5.75 Å². The van der Waals surface area contributed by atoms with Gasteiger partial charge in [0, 0.05) is 12.6 Å². The highest BCUT2D eigenvalue weighted by Gasteiger charge is 2.03. The van der Waals surface area contributed by atoms with Gasteiger partial charge in [-0.05, 0) is 38.6 Å². The molecule has 0 aliphatic carbocycles. The molecule has 0 saturated carbocycles. The van der Waals surface area contributed by atoms with Gasteiger partial charge in [0.15, 0.2) is 0 Å². The van der Waals surface area contributed by atoms with Crippen LogP contribution in [0.3, 0.4) is 0 Å². The number of rotatable bonds is 7. The molecule has 90 valence electrons. The lowest BCUT2D eigenvalue weighted by Crippen LogP contribution is -2.10. The van der Waals surface area contributed by atoms with Crippen LogP contribution in [-0.2, 0) is 0 Å². The fraction of sp³-hybridized carbons (Fsp3) is 0.500. The van der Waals surface area contributed by atoms with Gasteiger partial charge >= 0.3 is 0 Å². The molecule has 0 aliphatic heterocycles. The van der Waals surface area contributed by atoms with Crippen molar-refractivity contribution in [2.75, 3.05) is 32.6 Å². The highest BCUT2D eigenvalue weighted by Crippen LogP contribution is 2.24. The molecule has 0 atom stereocenters. The predicted molar refractivity (Wildman–Crippen MR) is 64.6 cm³/mol. The Bertz CT molecular complexity index is 318. The summed E-state index contributed by atoms with van der Waals surface area (Å²) < 4.78 is 18.1. The summed E-state index contributed by atoms with van der Waals surface area (Å²) in [5.41, 5.74) is 0.715. The van der Waals surface area contributed by atoms with Gasteiger partial charge in [-0.2, -0.15) is 0 Å². The molecule has 0 fully saturated rings. The smallest absolute Gasteiger partial charge is 0.142 e. The number of ether oxygens (including phenoxy) is 1. The summed E-state index contributed by atoms with van der Waals surface area (Å²) >= 11 is 0. The minimum Gasteiger partial charge on any atom is -0.495 e. The average molecular weight is 226 g/mol. The van der Waals surface area contributed by atoms with Crippen LogP contribution in [0.1, 0.15) is 12.8 Å². The summed E-state index contributed by atoms with van der Waals surface area (Å²) in [5, 5.41) is 6.26. The van der Waals surface area contributed by atoms with E-state index in [4.69, 9.17) is 4.74 Å². The van der Waals surface area contributed by atoms with Gasteiger partial charge in [-0.25, -0.2) is 4.39 Å². The zero-order valence-corrected chi connectivity index (χ0v) is 9.85. The molecule has 0 amide bonds. The van der Waals surface area contributed by atoms with E-state index in [0.29, 0.717) is 11.4 Å². The van der Waals surface area contributed by atoms with Crippen molar-refractivity contribution in [3.8, 4) is 5.75 Å². The van der Waals surface area contributed by atoms with Crippen LogP contribution in [0.25, 0.3) is 0 Å². The van der Waals surface area contributed by atoms with Crippen molar-refractivity contribution in [3.63, 3.8) is 0 Å². The Balaban J connectivity index is 2.42. The number of anilines is 1. The quantitative estimate of drug-likeness (QED) is 0.700. The van der Waals surface area contributed by atoms with Crippen LogP contribution in [-0.4, -0.2) is 27.2 Å². The van der Waals surface area contributed by atoms with E-state index in [1.54, 1.807) is 13.2 Å². The summed E-state index contributed by atoms with van der Waals surface area (Å²) in [7, 11) is 3.52. The fourth-order valence-corrected chi connectivity index (χ4v) is 1.47. The number of unbranched alkanes of at least 4 members (excludes halogenated alkanes) is 1. The monoisotopic (exact) mass is 226 g/mol. The highest BCUT2D eigenvalue weighted by atomic mass is 19.1. The van der Waals surface area contributed by atoms with Crippen LogP contribution < -0.4 is 15.4 Å². The molecule has 0 aliphatic rings. The molecule has 1 rings (SSSR count). The lowest BCUT2D eigenvalue weighted by molar-refractivity contribution is 0.415. The second-order valence-corrected chi connectivity index (χ2v) is 3.58. The number of hydrogen-bond donors (Lipinski definition) is 2. The maximum atomic E-state index is 13.0. The summed E-state index contributed by atoms with van der Waals surface area (Å²) in [4.78, 5) is 0. The standard InChI is InChI=1S/C12H19FN2O/c1-14-7-3-4-8-15-11-9-10(13)5-6-12(11)16-2/h5-6,9,14-15H,3-4,7-8H2,1-2H3. The number of hydrogen-bond acceptors (Lipinski definition) is 3. The molecule has 0 radical (unpaired) electrons. The number of nitrogens with one attached hydrogen (secondary N) is 2. The van der Waals surface area contributed by atoms with Gasteiger partial charge in [0.25, 0.3) is 0 Å². The molecular weight excluding hydrogens is 207 g/mol. The number of benzene rings is 1. The van der Waals surface area contributed by atoms with E-state index in [1.807, 2.05) is 7.05 Å². The van der Waals surface area contributed by atoms with E-state index < -0.39 is 0 Å². The second-order valence-electron chi connectivity index (χ2n) is 3.58. The molecule has 0 unspecified atom stereocenters. The van der Waals surface area contributed by atoms with E-state index >= 15 is 0 Å². The Morgan fingerprint density at radius 2 is 2.00 bits per heavy atom.